The van der Waals surface area contributed by atoms with Crippen LogP contribution in [0, 0.1) is 5.92 Å². The highest BCUT2D eigenvalue weighted by Gasteiger charge is 2.37. The minimum atomic E-state index is -1.68. The third-order valence-corrected chi connectivity index (χ3v) is 6.51. The van der Waals surface area contributed by atoms with Gasteiger partial charge in [0.25, 0.3) is 0 Å². The van der Waals surface area contributed by atoms with Crippen molar-refractivity contribution in [3.8, 4) is 0 Å². The van der Waals surface area contributed by atoms with Gasteiger partial charge in [0.05, 0.1) is 59.3 Å². The molecule has 1 heterocycles. The Morgan fingerprint density at radius 2 is 1.68 bits per heavy atom. The molecule has 5 amide bonds. The van der Waals surface area contributed by atoms with Crippen molar-refractivity contribution in [3.05, 3.63) is 0 Å². The third-order valence-electron chi connectivity index (χ3n) is 6.51. The number of aliphatic carboxylic acids is 1. The number of aliphatic hydroxyl groups excluding tert-OH is 2. The molecular weight excluding hydrogens is 528 g/mol. The quantitative estimate of drug-likeness (QED) is 0.0980. The van der Waals surface area contributed by atoms with Crippen LogP contribution in [0.3, 0.4) is 0 Å². The summed E-state index contributed by atoms with van der Waals surface area (Å²) in [6.07, 6.45) is 0.368. The second-order valence-electron chi connectivity index (χ2n) is 11.1. The van der Waals surface area contributed by atoms with E-state index in [1.165, 1.54) is 4.90 Å². The van der Waals surface area contributed by atoms with Crippen LogP contribution in [0.25, 0.3) is 0 Å². The average molecular weight is 573 g/mol. The molecule has 228 valence electrons. The van der Waals surface area contributed by atoms with E-state index in [2.05, 4.69) is 16.0 Å². The number of nitrogens with zero attached hydrogens (tertiary/aromatic N) is 2. The number of likely N-dealkylation sites (tertiary alicyclic amines) is 1. The lowest BCUT2D eigenvalue weighted by atomic mass is 9.97. The van der Waals surface area contributed by atoms with Gasteiger partial charge in [-0.3, -0.25) is 24.0 Å². The van der Waals surface area contributed by atoms with E-state index in [0.717, 1.165) is 0 Å². The second-order valence-corrected chi connectivity index (χ2v) is 11.1. The molecule has 40 heavy (non-hydrogen) atoms. The van der Waals surface area contributed by atoms with Gasteiger partial charge in [-0.2, -0.15) is 0 Å². The smallest absolute Gasteiger partial charge is 0.243 e. The van der Waals surface area contributed by atoms with Crippen molar-refractivity contribution < 1.29 is 48.6 Å². The zero-order chi connectivity index (χ0) is 30.6. The number of carbonyl (C=O) groups excluding carboxylic acids is 6. The number of carbonyl (C=O) groups is 6. The predicted molar refractivity (Wildman–Crippen MR) is 140 cm³/mol. The summed E-state index contributed by atoms with van der Waals surface area (Å²) in [4.78, 5) is 75.1. The molecule has 1 aliphatic heterocycles. The number of likely N-dealkylation sites (N-methyl/N-ethyl adjacent to an activating group) is 1. The van der Waals surface area contributed by atoms with Gasteiger partial charge in [0.2, 0.25) is 29.5 Å². The van der Waals surface area contributed by atoms with Crippen molar-refractivity contribution >= 4 is 35.5 Å². The Morgan fingerprint density at radius 3 is 2.23 bits per heavy atom. The summed E-state index contributed by atoms with van der Waals surface area (Å²) >= 11 is 0. The van der Waals surface area contributed by atoms with Gasteiger partial charge in [-0.05, 0) is 18.8 Å². The van der Waals surface area contributed by atoms with Crippen molar-refractivity contribution in [2.45, 2.75) is 63.8 Å². The molecule has 0 aromatic rings. The van der Waals surface area contributed by atoms with Crippen LogP contribution in [0.1, 0.15) is 39.5 Å². The Hall–Kier alpha value is -3.30. The summed E-state index contributed by atoms with van der Waals surface area (Å²) in [5.41, 5.74) is 0. The first kappa shape index (κ1) is 34.7. The van der Waals surface area contributed by atoms with E-state index < -0.39 is 72.9 Å². The summed E-state index contributed by atoms with van der Waals surface area (Å²) in [7, 11) is 5.63. The monoisotopic (exact) mass is 572 g/mol. The lowest BCUT2D eigenvalue weighted by molar-refractivity contribution is -0.873. The van der Waals surface area contributed by atoms with Crippen molar-refractivity contribution in [2.24, 2.45) is 5.92 Å². The fourth-order valence-corrected chi connectivity index (χ4v) is 4.25. The fourth-order valence-electron chi connectivity index (χ4n) is 4.25. The molecule has 0 spiro atoms. The van der Waals surface area contributed by atoms with Crippen molar-refractivity contribution in [1.82, 2.24) is 26.2 Å². The van der Waals surface area contributed by atoms with E-state index in [0.29, 0.717) is 36.8 Å². The SMILES string of the molecule is CC[C@H](C)[C@H](NC(=O)[C@@H]1CCCN1C(=O)CNC(=O)CC(O)C[N+](C)(C)C)C(=O)NCC(=O)N[C@@H](CO)C(=O)[O-]. The lowest BCUT2D eigenvalue weighted by Crippen LogP contribution is -2.57. The van der Waals surface area contributed by atoms with Crippen molar-refractivity contribution in [1.29, 1.82) is 0 Å². The van der Waals surface area contributed by atoms with Gasteiger partial charge in [-0.25, -0.2) is 0 Å². The molecule has 15 nitrogen and oxygen atoms in total. The summed E-state index contributed by atoms with van der Waals surface area (Å²) < 4.78 is 0.466. The van der Waals surface area contributed by atoms with Crippen molar-refractivity contribution in [3.63, 3.8) is 0 Å². The van der Waals surface area contributed by atoms with Gasteiger partial charge >= 0.3 is 0 Å². The van der Waals surface area contributed by atoms with Gasteiger partial charge in [-0.1, -0.05) is 20.3 Å². The summed E-state index contributed by atoms with van der Waals surface area (Å²) in [5, 5.41) is 39.4. The molecule has 0 saturated carbocycles. The number of carboxylic acid groups (broad SMARTS) is 1. The molecule has 0 bridgehead atoms. The zero-order valence-electron chi connectivity index (χ0n) is 23.9. The van der Waals surface area contributed by atoms with Crippen LogP contribution in [0.5, 0.6) is 0 Å². The van der Waals surface area contributed by atoms with Gasteiger partial charge < -0.3 is 50.8 Å². The highest BCUT2D eigenvalue weighted by Crippen LogP contribution is 2.19. The molecule has 1 fully saturated rings. The molecular formula is C25H44N6O9. The number of quaternary nitrogens is 1. The molecule has 1 unspecified atom stereocenters. The molecule has 1 aliphatic rings. The molecule has 0 aliphatic carbocycles. The molecule has 1 rings (SSSR count). The Kier molecular flexibility index (Phi) is 14.0. The van der Waals surface area contributed by atoms with E-state index >= 15 is 0 Å². The number of hydrogen-bond acceptors (Lipinski definition) is 9. The second kappa shape index (κ2) is 16.1. The third kappa shape index (κ3) is 11.8. The topological polar surface area (TPSA) is 217 Å². The van der Waals surface area contributed by atoms with Crippen LogP contribution in [0.4, 0.5) is 0 Å². The summed E-state index contributed by atoms with van der Waals surface area (Å²) in [6.45, 7) is 2.36. The first-order valence-electron chi connectivity index (χ1n) is 13.3. The van der Waals surface area contributed by atoms with Gasteiger partial charge in [0.1, 0.15) is 24.7 Å². The summed E-state index contributed by atoms with van der Waals surface area (Å²) in [5.74, 6) is -5.09. The van der Waals surface area contributed by atoms with Gasteiger partial charge in [-0.15, -0.1) is 0 Å². The maximum absolute atomic E-state index is 13.1. The number of nitrogens with one attached hydrogen (secondary N) is 4. The Balaban J connectivity index is 2.72. The molecule has 0 radical (unpaired) electrons. The number of aliphatic hydroxyl groups is 2. The number of rotatable bonds is 16. The van der Waals surface area contributed by atoms with Crippen LogP contribution in [-0.4, -0.2) is 133 Å². The largest absolute Gasteiger partial charge is 0.548 e. The highest BCUT2D eigenvalue weighted by atomic mass is 16.4. The van der Waals surface area contributed by atoms with Crippen LogP contribution in [0.2, 0.25) is 0 Å². The molecule has 1 saturated heterocycles. The van der Waals surface area contributed by atoms with Crippen LogP contribution in [-0.2, 0) is 28.8 Å². The molecule has 5 atom stereocenters. The van der Waals surface area contributed by atoms with Gasteiger partial charge in [0.15, 0.2) is 0 Å². The minimum Gasteiger partial charge on any atom is -0.548 e. The zero-order valence-corrected chi connectivity index (χ0v) is 23.9. The molecule has 0 aromatic carbocycles. The van der Waals surface area contributed by atoms with E-state index in [4.69, 9.17) is 5.11 Å². The normalized spacial score (nSPS) is 18.2. The highest BCUT2D eigenvalue weighted by molar-refractivity contribution is 5.95. The van der Waals surface area contributed by atoms with E-state index in [1.54, 1.807) is 13.8 Å². The van der Waals surface area contributed by atoms with Crippen LogP contribution < -0.4 is 26.4 Å². The fraction of sp³-hybridized carbons (Fsp3) is 0.760. The minimum absolute atomic E-state index is 0.162. The first-order valence-corrected chi connectivity index (χ1v) is 13.3. The maximum atomic E-state index is 13.1. The lowest BCUT2D eigenvalue weighted by Gasteiger charge is -2.29. The van der Waals surface area contributed by atoms with Crippen LogP contribution in [0.15, 0.2) is 0 Å². The van der Waals surface area contributed by atoms with E-state index in [1.807, 2.05) is 26.5 Å². The van der Waals surface area contributed by atoms with E-state index in [9.17, 15) is 39.0 Å². The Labute approximate surface area is 234 Å². The summed E-state index contributed by atoms with van der Waals surface area (Å²) in [6, 6.07) is -3.53. The number of hydrogen-bond donors (Lipinski definition) is 6. The molecule has 6 N–H and O–H groups in total. The molecule has 0 aromatic heterocycles. The van der Waals surface area contributed by atoms with Gasteiger partial charge in [0, 0.05) is 6.54 Å². The van der Waals surface area contributed by atoms with E-state index in [-0.39, 0.29) is 18.9 Å². The Morgan fingerprint density at radius 1 is 1.02 bits per heavy atom. The number of amides is 5. The average Bonchev–Trinajstić information content (AvgIpc) is 3.36. The Bertz CT molecular complexity index is 923. The van der Waals surface area contributed by atoms with Crippen molar-refractivity contribution in [2.75, 3.05) is 53.9 Å². The number of carboxylic acids is 1. The standard InChI is InChI=1S/C25H44N6O9/c1-6-15(2)22(24(38)27-11-20(35)28-17(14-32)25(39)40)29-23(37)18-8-7-9-30(18)21(36)12-26-19(34)10-16(33)13-31(3,4)5/h15-18,22,32-33H,6-14H2,1-5H3,(H4-,26,27,28,29,34,35,37,38,39,40)/t15-,16?,17-,18-,22-/m0/s1. The predicted octanol–water partition coefficient (Wildman–Crippen LogP) is -4.58. The molecule has 15 heteroatoms. The maximum Gasteiger partial charge on any atom is 0.243 e. The van der Waals surface area contributed by atoms with Crippen LogP contribution >= 0.6 is 0 Å². The first-order chi connectivity index (χ1) is 18.6.